The van der Waals surface area contributed by atoms with Crippen molar-refractivity contribution in [2.75, 3.05) is 6.54 Å². The molecule has 1 aliphatic rings. The molecular weight excluding hydrogens is 291 g/mol. The van der Waals surface area contributed by atoms with Crippen molar-refractivity contribution < 1.29 is 23.9 Å². The summed E-state index contributed by atoms with van der Waals surface area (Å²) in [6.07, 6.45) is 0.429. The molecule has 118 valence electrons. The second kappa shape index (κ2) is 6.55. The fourth-order valence-electron chi connectivity index (χ4n) is 2.25. The van der Waals surface area contributed by atoms with Gasteiger partial charge in [0.25, 0.3) is 0 Å². The lowest BCUT2D eigenvalue weighted by atomic mass is 10.1. The van der Waals surface area contributed by atoms with Crippen LogP contribution in [0.1, 0.15) is 18.9 Å². The van der Waals surface area contributed by atoms with Crippen LogP contribution in [0.5, 0.6) is 0 Å². The van der Waals surface area contributed by atoms with Crippen LogP contribution in [0.15, 0.2) is 24.3 Å². The second-order valence-electron chi connectivity index (χ2n) is 5.30. The van der Waals surface area contributed by atoms with Gasteiger partial charge in [-0.25, -0.2) is 4.39 Å². The maximum absolute atomic E-state index is 12.8. The van der Waals surface area contributed by atoms with Gasteiger partial charge >= 0.3 is 5.97 Å². The third kappa shape index (κ3) is 3.60. The van der Waals surface area contributed by atoms with Gasteiger partial charge in [-0.3, -0.25) is 14.4 Å². The highest BCUT2D eigenvalue weighted by Crippen LogP contribution is 2.16. The molecule has 0 aliphatic carbocycles. The largest absolute Gasteiger partial charge is 0.481 e. The van der Waals surface area contributed by atoms with E-state index in [-0.39, 0.29) is 11.7 Å². The summed E-state index contributed by atoms with van der Waals surface area (Å²) in [6.45, 7) is 2.07. The maximum Gasteiger partial charge on any atom is 0.315 e. The van der Waals surface area contributed by atoms with E-state index < -0.39 is 23.8 Å². The van der Waals surface area contributed by atoms with Crippen molar-refractivity contribution in [2.24, 2.45) is 5.92 Å². The van der Waals surface area contributed by atoms with Crippen LogP contribution in [-0.4, -0.2) is 40.4 Å². The molecule has 0 radical (unpaired) electrons. The van der Waals surface area contributed by atoms with Crippen molar-refractivity contribution >= 4 is 17.8 Å². The van der Waals surface area contributed by atoms with E-state index in [4.69, 9.17) is 5.11 Å². The van der Waals surface area contributed by atoms with E-state index in [1.165, 1.54) is 19.1 Å². The highest BCUT2D eigenvalue weighted by atomic mass is 19.1. The van der Waals surface area contributed by atoms with Gasteiger partial charge in [0.2, 0.25) is 11.8 Å². The number of nitrogens with zero attached hydrogens (tertiary/aromatic N) is 1. The monoisotopic (exact) mass is 308 g/mol. The van der Waals surface area contributed by atoms with E-state index >= 15 is 0 Å². The Morgan fingerprint density at radius 3 is 2.64 bits per heavy atom. The van der Waals surface area contributed by atoms with Crippen LogP contribution < -0.4 is 5.32 Å². The number of carbonyl (C=O) groups excluding carboxylic acids is 2. The minimum Gasteiger partial charge on any atom is -0.481 e. The van der Waals surface area contributed by atoms with E-state index in [1.54, 1.807) is 17.0 Å². The first-order valence-electron chi connectivity index (χ1n) is 6.95. The summed E-state index contributed by atoms with van der Waals surface area (Å²) in [4.78, 5) is 36.2. The molecule has 2 atom stereocenters. The van der Waals surface area contributed by atoms with Crippen LogP contribution in [0.3, 0.4) is 0 Å². The Hall–Kier alpha value is -2.44. The molecule has 1 aromatic carbocycles. The molecule has 1 fully saturated rings. The van der Waals surface area contributed by atoms with Crippen molar-refractivity contribution in [2.45, 2.75) is 25.9 Å². The Labute approximate surface area is 126 Å². The molecule has 2 amide bonds. The number of amides is 2. The predicted molar refractivity (Wildman–Crippen MR) is 75.2 cm³/mol. The molecular formula is C15H17FN2O4. The third-order valence-electron chi connectivity index (χ3n) is 3.66. The normalized spacial score (nSPS) is 19.1. The molecule has 0 aromatic heterocycles. The van der Waals surface area contributed by atoms with E-state index in [1.807, 2.05) is 0 Å². The molecule has 7 heteroatoms. The summed E-state index contributed by atoms with van der Waals surface area (Å²) >= 11 is 0. The molecule has 2 unspecified atom stereocenters. The highest BCUT2D eigenvalue weighted by molar-refractivity contribution is 5.98. The van der Waals surface area contributed by atoms with Gasteiger partial charge in [0.1, 0.15) is 17.8 Å². The third-order valence-corrected chi connectivity index (χ3v) is 3.66. The fraction of sp³-hybridized carbons (Fsp3) is 0.400. The average Bonchev–Trinajstić information content (AvgIpc) is 2.81. The SMILES string of the molecule is CC(C(=O)O)C(=O)NC1CCN(Cc2ccc(F)cc2)C1=O. The molecule has 1 aliphatic heterocycles. The zero-order chi connectivity index (χ0) is 16.3. The first-order chi connectivity index (χ1) is 10.4. The number of rotatable bonds is 5. The molecule has 1 aromatic rings. The molecule has 0 spiro atoms. The number of nitrogens with one attached hydrogen (secondary N) is 1. The number of hydrogen-bond donors (Lipinski definition) is 2. The number of likely N-dealkylation sites (tertiary alicyclic amines) is 1. The number of halogens is 1. The van der Waals surface area contributed by atoms with Gasteiger partial charge in [0.05, 0.1) is 0 Å². The number of carboxylic acids is 1. The van der Waals surface area contributed by atoms with Crippen molar-refractivity contribution in [3.63, 3.8) is 0 Å². The number of carboxylic acid groups (broad SMARTS) is 1. The van der Waals surface area contributed by atoms with Crippen molar-refractivity contribution in [3.05, 3.63) is 35.6 Å². The second-order valence-corrected chi connectivity index (χ2v) is 5.30. The van der Waals surface area contributed by atoms with Gasteiger partial charge < -0.3 is 15.3 Å². The van der Waals surface area contributed by atoms with Gasteiger partial charge in [0.15, 0.2) is 0 Å². The molecule has 2 N–H and O–H groups in total. The summed E-state index contributed by atoms with van der Waals surface area (Å²) in [5.41, 5.74) is 0.792. The number of aliphatic carboxylic acids is 1. The summed E-state index contributed by atoms with van der Waals surface area (Å²) in [6, 6.07) is 5.14. The molecule has 2 rings (SSSR count). The molecule has 0 bridgehead atoms. The van der Waals surface area contributed by atoms with E-state index in [0.717, 1.165) is 5.56 Å². The Morgan fingerprint density at radius 2 is 2.05 bits per heavy atom. The minimum absolute atomic E-state index is 0.254. The maximum atomic E-state index is 12.8. The topological polar surface area (TPSA) is 86.7 Å². The lowest BCUT2D eigenvalue weighted by Crippen LogP contribution is -2.44. The summed E-state index contributed by atoms with van der Waals surface area (Å²) < 4.78 is 12.8. The molecule has 22 heavy (non-hydrogen) atoms. The van der Waals surface area contributed by atoms with E-state index in [2.05, 4.69) is 5.32 Å². The van der Waals surface area contributed by atoms with E-state index in [0.29, 0.717) is 19.5 Å². The van der Waals surface area contributed by atoms with Crippen molar-refractivity contribution in [1.29, 1.82) is 0 Å². The first-order valence-corrected chi connectivity index (χ1v) is 6.95. The molecule has 0 saturated carbocycles. The summed E-state index contributed by atoms with van der Waals surface area (Å²) in [7, 11) is 0. The Morgan fingerprint density at radius 1 is 1.41 bits per heavy atom. The van der Waals surface area contributed by atoms with Crippen LogP contribution in [0.25, 0.3) is 0 Å². The average molecular weight is 308 g/mol. The lowest BCUT2D eigenvalue weighted by Gasteiger charge is -2.18. The van der Waals surface area contributed by atoms with Crippen LogP contribution in [0.4, 0.5) is 4.39 Å². The summed E-state index contributed by atoms with van der Waals surface area (Å²) in [5.74, 6) is -3.70. The summed E-state index contributed by atoms with van der Waals surface area (Å²) in [5, 5.41) is 11.2. The fourth-order valence-corrected chi connectivity index (χ4v) is 2.25. The molecule has 1 heterocycles. The first kappa shape index (κ1) is 15.9. The lowest BCUT2D eigenvalue weighted by molar-refractivity contribution is -0.147. The van der Waals surface area contributed by atoms with Gasteiger partial charge in [0, 0.05) is 13.1 Å². The highest BCUT2D eigenvalue weighted by Gasteiger charge is 2.34. The molecule has 6 nitrogen and oxygen atoms in total. The van der Waals surface area contributed by atoms with Crippen LogP contribution in [0, 0.1) is 11.7 Å². The number of benzene rings is 1. The van der Waals surface area contributed by atoms with Crippen LogP contribution >= 0.6 is 0 Å². The Balaban J connectivity index is 1.93. The molecule has 1 saturated heterocycles. The smallest absolute Gasteiger partial charge is 0.315 e. The van der Waals surface area contributed by atoms with Gasteiger partial charge in [-0.05, 0) is 31.0 Å². The number of carbonyl (C=O) groups is 3. The zero-order valence-electron chi connectivity index (χ0n) is 12.1. The van der Waals surface area contributed by atoms with Crippen LogP contribution in [0.2, 0.25) is 0 Å². The minimum atomic E-state index is -1.23. The number of hydrogen-bond acceptors (Lipinski definition) is 3. The standard InChI is InChI=1S/C15H17FN2O4/c1-9(15(21)22)13(19)17-12-6-7-18(14(12)20)8-10-2-4-11(16)5-3-10/h2-5,9,12H,6-8H2,1H3,(H,17,19)(H,21,22). The van der Waals surface area contributed by atoms with Crippen LogP contribution in [-0.2, 0) is 20.9 Å². The van der Waals surface area contributed by atoms with Gasteiger partial charge in [-0.1, -0.05) is 12.1 Å². The quantitative estimate of drug-likeness (QED) is 0.786. The van der Waals surface area contributed by atoms with Gasteiger partial charge in [-0.15, -0.1) is 0 Å². The van der Waals surface area contributed by atoms with E-state index in [9.17, 15) is 18.8 Å². The Bertz CT molecular complexity index is 588. The van der Waals surface area contributed by atoms with Gasteiger partial charge in [-0.2, -0.15) is 0 Å². The van der Waals surface area contributed by atoms with Crippen molar-refractivity contribution in [1.82, 2.24) is 10.2 Å². The Kier molecular flexibility index (Phi) is 4.75. The van der Waals surface area contributed by atoms with Crippen molar-refractivity contribution in [3.8, 4) is 0 Å². The zero-order valence-corrected chi connectivity index (χ0v) is 12.1. The predicted octanol–water partition coefficient (Wildman–Crippen LogP) is 0.763.